The van der Waals surface area contributed by atoms with Crippen LogP contribution in [0.3, 0.4) is 0 Å². The number of carbonyl (C=O) groups is 1. The minimum atomic E-state index is -3.68. The highest BCUT2D eigenvalue weighted by Crippen LogP contribution is 2.23. The van der Waals surface area contributed by atoms with Crippen LogP contribution < -0.4 is 10.0 Å². The van der Waals surface area contributed by atoms with E-state index in [1.54, 1.807) is 18.3 Å². The fraction of sp³-hybridized carbons (Fsp3) is 0.333. The van der Waals surface area contributed by atoms with Gasteiger partial charge >= 0.3 is 0 Å². The van der Waals surface area contributed by atoms with E-state index in [1.807, 2.05) is 0 Å². The maximum absolute atomic E-state index is 11.7. The molecule has 0 aromatic carbocycles. The van der Waals surface area contributed by atoms with E-state index in [9.17, 15) is 13.2 Å². The largest absolute Gasteiger partial charge is 0.295 e. The minimum Gasteiger partial charge on any atom is -0.295 e. The molecule has 1 aliphatic rings. The van der Waals surface area contributed by atoms with E-state index in [4.69, 9.17) is 5.14 Å². The van der Waals surface area contributed by atoms with Gasteiger partial charge in [0, 0.05) is 23.6 Å². The highest BCUT2D eigenvalue weighted by atomic mass is 79.9. The van der Waals surface area contributed by atoms with E-state index in [0.29, 0.717) is 5.82 Å². The first-order valence-corrected chi connectivity index (χ1v) is 7.21. The summed E-state index contributed by atoms with van der Waals surface area (Å²) in [6, 6.07) is 3.38. The molecule has 2 rings (SSSR count). The highest BCUT2D eigenvalue weighted by molar-refractivity contribution is 9.10. The summed E-state index contributed by atoms with van der Waals surface area (Å²) in [4.78, 5) is 17.1. The number of aromatic nitrogens is 1. The van der Waals surface area contributed by atoms with Crippen molar-refractivity contribution < 1.29 is 13.2 Å². The molecule has 1 aromatic rings. The highest BCUT2D eigenvalue weighted by Gasteiger charge is 2.37. The van der Waals surface area contributed by atoms with Crippen molar-refractivity contribution in [3.8, 4) is 0 Å². The second-order valence-electron chi connectivity index (χ2n) is 3.75. The third-order valence-corrected chi connectivity index (χ3v) is 4.26. The van der Waals surface area contributed by atoms with Gasteiger partial charge in [0.25, 0.3) is 0 Å². The Hall–Kier alpha value is -0.990. The molecule has 0 spiro atoms. The number of sulfonamides is 1. The number of pyridine rings is 1. The van der Waals surface area contributed by atoms with E-state index in [2.05, 4.69) is 20.9 Å². The third-order valence-electron chi connectivity index (χ3n) is 2.54. The Kier molecular flexibility index (Phi) is 3.19. The predicted molar refractivity (Wildman–Crippen MR) is 65.8 cm³/mol. The lowest BCUT2D eigenvalue weighted by atomic mass is 10.4. The van der Waals surface area contributed by atoms with Crippen molar-refractivity contribution in [3.05, 3.63) is 22.8 Å². The van der Waals surface area contributed by atoms with Crippen LogP contribution in [0.15, 0.2) is 22.8 Å². The lowest BCUT2D eigenvalue weighted by Crippen LogP contribution is -2.32. The zero-order valence-electron chi connectivity index (χ0n) is 8.71. The van der Waals surface area contributed by atoms with E-state index >= 15 is 0 Å². The first-order valence-electron chi connectivity index (χ1n) is 4.81. The molecular formula is C9H10BrN3O3S. The average Bonchev–Trinajstić information content (AvgIpc) is 2.61. The van der Waals surface area contributed by atoms with Crippen LogP contribution in [-0.4, -0.2) is 31.1 Å². The first kappa shape index (κ1) is 12.5. The Bertz CT molecular complexity index is 543. The van der Waals surface area contributed by atoms with Gasteiger partial charge < -0.3 is 0 Å². The van der Waals surface area contributed by atoms with Crippen LogP contribution in [0.2, 0.25) is 0 Å². The molecule has 0 radical (unpaired) electrons. The summed E-state index contributed by atoms with van der Waals surface area (Å²) in [6.07, 6.45) is 1.46. The van der Waals surface area contributed by atoms with Crippen LogP contribution in [0, 0.1) is 0 Å². The quantitative estimate of drug-likeness (QED) is 0.844. The van der Waals surface area contributed by atoms with Crippen LogP contribution in [0.1, 0.15) is 6.42 Å². The molecule has 92 valence electrons. The van der Waals surface area contributed by atoms with Crippen LogP contribution in [0.25, 0.3) is 0 Å². The zero-order valence-corrected chi connectivity index (χ0v) is 11.1. The number of rotatable bonds is 2. The number of halogens is 1. The Morgan fingerprint density at radius 2 is 2.18 bits per heavy atom. The maximum atomic E-state index is 11.7. The topological polar surface area (TPSA) is 93.4 Å². The second kappa shape index (κ2) is 4.35. The van der Waals surface area contributed by atoms with Crippen LogP contribution >= 0.6 is 15.9 Å². The summed E-state index contributed by atoms with van der Waals surface area (Å²) in [7, 11) is -3.68. The maximum Gasteiger partial charge on any atom is 0.229 e. The molecule has 1 atom stereocenters. The molecule has 8 heteroatoms. The molecule has 1 aromatic heterocycles. The second-order valence-corrected chi connectivity index (χ2v) is 6.51. The number of amides is 1. The number of primary sulfonamides is 1. The summed E-state index contributed by atoms with van der Waals surface area (Å²) in [5.41, 5.74) is 0. The van der Waals surface area contributed by atoms with Crippen LogP contribution in [-0.2, 0) is 14.8 Å². The Labute approximate surface area is 107 Å². The van der Waals surface area contributed by atoms with Crippen molar-refractivity contribution in [2.75, 3.05) is 11.4 Å². The Morgan fingerprint density at radius 3 is 2.65 bits per heavy atom. The summed E-state index contributed by atoms with van der Waals surface area (Å²) < 4.78 is 23.1. The van der Waals surface area contributed by atoms with Crippen molar-refractivity contribution >= 4 is 37.7 Å². The van der Waals surface area contributed by atoms with Gasteiger partial charge in [-0.15, -0.1) is 0 Å². The number of hydrogen-bond donors (Lipinski definition) is 1. The first-order chi connectivity index (χ1) is 7.88. The van der Waals surface area contributed by atoms with Gasteiger partial charge in [-0.05, 0) is 28.1 Å². The van der Waals surface area contributed by atoms with Crippen LogP contribution in [0.4, 0.5) is 5.82 Å². The lowest BCUT2D eigenvalue weighted by Gasteiger charge is -2.14. The molecule has 0 bridgehead atoms. The molecule has 1 saturated heterocycles. The van der Waals surface area contributed by atoms with E-state index in [0.717, 1.165) is 4.47 Å². The number of hydrogen-bond acceptors (Lipinski definition) is 4. The van der Waals surface area contributed by atoms with E-state index in [1.165, 1.54) is 4.90 Å². The predicted octanol–water partition coefficient (Wildman–Crippen LogP) is 0.238. The van der Waals surface area contributed by atoms with Gasteiger partial charge in [-0.2, -0.15) is 0 Å². The Balaban J connectivity index is 2.24. The summed E-state index contributed by atoms with van der Waals surface area (Å²) in [5, 5.41) is 4.19. The van der Waals surface area contributed by atoms with Gasteiger partial charge in [-0.1, -0.05) is 0 Å². The van der Waals surface area contributed by atoms with Crippen molar-refractivity contribution in [3.63, 3.8) is 0 Å². The molecule has 1 fully saturated rings. The van der Waals surface area contributed by atoms with Gasteiger partial charge in [0.05, 0.1) is 0 Å². The monoisotopic (exact) mass is 319 g/mol. The van der Waals surface area contributed by atoms with Gasteiger partial charge in [0.2, 0.25) is 15.9 Å². The molecule has 1 unspecified atom stereocenters. The number of nitrogens with two attached hydrogens (primary N) is 1. The number of carbonyl (C=O) groups excluding carboxylic acids is 1. The van der Waals surface area contributed by atoms with Gasteiger partial charge in [0.1, 0.15) is 11.1 Å². The van der Waals surface area contributed by atoms with Crippen molar-refractivity contribution in [1.82, 2.24) is 4.98 Å². The fourth-order valence-corrected chi connectivity index (χ4v) is 2.61. The van der Waals surface area contributed by atoms with E-state index < -0.39 is 15.3 Å². The fourth-order valence-electron chi connectivity index (χ4n) is 1.64. The molecule has 1 aliphatic heterocycles. The summed E-state index contributed by atoms with van der Waals surface area (Å²) in [5.74, 6) is 0.156. The summed E-state index contributed by atoms with van der Waals surface area (Å²) >= 11 is 3.23. The number of nitrogens with zero attached hydrogens (tertiary/aromatic N) is 2. The van der Waals surface area contributed by atoms with Gasteiger partial charge in [-0.3, -0.25) is 9.69 Å². The van der Waals surface area contributed by atoms with Crippen LogP contribution in [0.5, 0.6) is 0 Å². The van der Waals surface area contributed by atoms with Gasteiger partial charge in [0.15, 0.2) is 0 Å². The molecule has 2 heterocycles. The molecule has 0 aliphatic carbocycles. The van der Waals surface area contributed by atoms with Crippen molar-refractivity contribution in [2.45, 2.75) is 11.7 Å². The SMILES string of the molecule is NS(=O)(=O)C1CC(=O)N(c2ccc(Br)cn2)C1. The smallest absolute Gasteiger partial charge is 0.229 e. The molecule has 17 heavy (non-hydrogen) atoms. The molecule has 0 saturated carbocycles. The standard InChI is InChI=1S/C9H10BrN3O3S/c10-6-1-2-8(12-4-6)13-5-7(3-9(13)14)17(11,15)16/h1-2,4,7H,3,5H2,(H2,11,15,16). The molecule has 6 nitrogen and oxygen atoms in total. The molecule has 2 N–H and O–H groups in total. The average molecular weight is 320 g/mol. The minimum absolute atomic E-state index is 0.0618. The lowest BCUT2D eigenvalue weighted by molar-refractivity contribution is -0.117. The zero-order chi connectivity index (χ0) is 12.6. The third kappa shape index (κ3) is 2.64. The molecular weight excluding hydrogens is 310 g/mol. The van der Waals surface area contributed by atoms with E-state index in [-0.39, 0.29) is 18.9 Å². The molecule has 1 amide bonds. The van der Waals surface area contributed by atoms with Gasteiger partial charge in [-0.25, -0.2) is 18.5 Å². The summed E-state index contributed by atoms with van der Waals surface area (Å²) in [6.45, 7) is 0.0618. The normalized spacial score (nSPS) is 20.9. The Morgan fingerprint density at radius 1 is 1.47 bits per heavy atom. The van der Waals surface area contributed by atoms with Crippen molar-refractivity contribution in [1.29, 1.82) is 0 Å². The number of anilines is 1. The van der Waals surface area contributed by atoms with Crippen molar-refractivity contribution in [2.24, 2.45) is 5.14 Å².